The molecule has 2 N–H and O–H groups in total. The van der Waals surface area contributed by atoms with Gasteiger partial charge in [-0.2, -0.15) is 0 Å². The molecule has 0 aliphatic carbocycles. The van der Waals surface area contributed by atoms with Crippen molar-refractivity contribution in [3.63, 3.8) is 0 Å². The molecule has 0 saturated heterocycles. The predicted octanol–water partition coefficient (Wildman–Crippen LogP) is 0.760. The van der Waals surface area contributed by atoms with Crippen LogP contribution in [-0.4, -0.2) is 24.0 Å². The van der Waals surface area contributed by atoms with Crippen LogP contribution in [0.1, 0.15) is 17.4 Å². The molecule has 0 spiro atoms. The van der Waals surface area contributed by atoms with Crippen molar-refractivity contribution in [2.24, 2.45) is 0 Å². The number of anilines is 1. The fourth-order valence-electron chi connectivity index (χ4n) is 0.887. The highest BCUT2D eigenvalue weighted by Gasteiger charge is 2.07. The van der Waals surface area contributed by atoms with Gasteiger partial charge in [-0.3, -0.25) is 4.79 Å². The van der Waals surface area contributed by atoms with E-state index in [0.29, 0.717) is 11.5 Å². The molecule has 0 atom stereocenters. The zero-order chi connectivity index (χ0) is 9.84. The van der Waals surface area contributed by atoms with Crippen LogP contribution >= 0.6 is 0 Å². The summed E-state index contributed by atoms with van der Waals surface area (Å²) < 4.78 is 4.47. The molecule has 5 nitrogen and oxygen atoms in total. The predicted molar refractivity (Wildman–Crippen MR) is 46.4 cm³/mol. The third-order valence-corrected chi connectivity index (χ3v) is 1.40. The summed E-state index contributed by atoms with van der Waals surface area (Å²) in [5.74, 6) is -0.178. The molecule has 1 amide bonds. The second-order valence-corrected chi connectivity index (χ2v) is 2.46. The third-order valence-electron chi connectivity index (χ3n) is 1.40. The Hall–Kier alpha value is -1.78. The summed E-state index contributed by atoms with van der Waals surface area (Å²) in [6.07, 6.45) is 0. The summed E-state index contributed by atoms with van der Waals surface area (Å²) in [6, 6.07) is 3.13. The van der Waals surface area contributed by atoms with Gasteiger partial charge < -0.3 is 15.0 Å². The standard InChI is InChI=1S/C8H10N2O3/c1-5(11)9-7-4-3-6(10-7)8(12)13-2/h3-4,10H,1-2H3,(H,9,11). The van der Waals surface area contributed by atoms with Crippen molar-refractivity contribution in [2.75, 3.05) is 12.4 Å². The van der Waals surface area contributed by atoms with Gasteiger partial charge in [0.2, 0.25) is 5.91 Å². The van der Waals surface area contributed by atoms with E-state index in [2.05, 4.69) is 15.0 Å². The number of nitrogens with one attached hydrogen (secondary N) is 2. The maximum absolute atomic E-state index is 10.9. The number of carbonyl (C=O) groups excluding carboxylic acids is 2. The van der Waals surface area contributed by atoms with Gasteiger partial charge in [0.25, 0.3) is 0 Å². The Labute approximate surface area is 75.1 Å². The van der Waals surface area contributed by atoms with Crippen molar-refractivity contribution < 1.29 is 14.3 Å². The minimum absolute atomic E-state index is 0.196. The van der Waals surface area contributed by atoms with Gasteiger partial charge in [-0.15, -0.1) is 0 Å². The van der Waals surface area contributed by atoms with Gasteiger partial charge in [-0.05, 0) is 12.1 Å². The van der Waals surface area contributed by atoms with Crippen molar-refractivity contribution in [3.8, 4) is 0 Å². The summed E-state index contributed by atoms with van der Waals surface area (Å²) in [4.78, 5) is 24.2. The van der Waals surface area contributed by atoms with E-state index < -0.39 is 5.97 Å². The SMILES string of the molecule is COC(=O)c1ccc(NC(C)=O)[nH]1. The van der Waals surface area contributed by atoms with Crippen molar-refractivity contribution >= 4 is 17.7 Å². The second-order valence-electron chi connectivity index (χ2n) is 2.46. The van der Waals surface area contributed by atoms with Crippen molar-refractivity contribution in [1.29, 1.82) is 0 Å². The van der Waals surface area contributed by atoms with E-state index in [-0.39, 0.29) is 5.91 Å². The molecule has 0 aliphatic rings. The molecular formula is C8H10N2O3. The molecule has 0 aliphatic heterocycles. The normalized spacial score (nSPS) is 9.38. The second kappa shape index (κ2) is 3.75. The number of hydrogen-bond donors (Lipinski definition) is 2. The smallest absolute Gasteiger partial charge is 0.354 e. The molecule has 0 fully saturated rings. The number of carbonyl (C=O) groups is 2. The summed E-state index contributed by atoms with van der Waals surface area (Å²) in [6.45, 7) is 1.39. The van der Waals surface area contributed by atoms with E-state index in [0.717, 1.165) is 0 Å². The van der Waals surface area contributed by atoms with Crippen LogP contribution in [0.5, 0.6) is 0 Å². The van der Waals surface area contributed by atoms with E-state index in [9.17, 15) is 9.59 Å². The Bertz CT molecular complexity index is 330. The first-order valence-electron chi connectivity index (χ1n) is 3.68. The molecule has 13 heavy (non-hydrogen) atoms. The molecular weight excluding hydrogens is 172 g/mol. The van der Waals surface area contributed by atoms with Crippen molar-refractivity contribution in [3.05, 3.63) is 17.8 Å². The highest BCUT2D eigenvalue weighted by molar-refractivity contribution is 5.91. The fraction of sp³-hybridized carbons (Fsp3) is 0.250. The van der Waals surface area contributed by atoms with E-state index >= 15 is 0 Å². The lowest BCUT2D eigenvalue weighted by molar-refractivity contribution is -0.114. The number of aromatic amines is 1. The Kier molecular flexibility index (Phi) is 2.69. The number of ether oxygens (including phenoxy) is 1. The third kappa shape index (κ3) is 2.33. The summed E-state index contributed by atoms with van der Waals surface area (Å²) in [5.41, 5.74) is 0.311. The van der Waals surface area contributed by atoms with Crippen LogP contribution in [0.2, 0.25) is 0 Å². The molecule has 1 rings (SSSR count). The van der Waals surface area contributed by atoms with Crippen molar-refractivity contribution in [2.45, 2.75) is 6.92 Å². The summed E-state index contributed by atoms with van der Waals surface area (Å²) in [5, 5.41) is 2.50. The minimum Gasteiger partial charge on any atom is -0.464 e. The minimum atomic E-state index is -0.461. The number of amides is 1. The van der Waals surface area contributed by atoms with E-state index in [4.69, 9.17) is 0 Å². The molecule has 70 valence electrons. The number of esters is 1. The fourth-order valence-corrected chi connectivity index (χ4v) is 0.887. The topological polar surface area (TPSA) is 71.2 Å². The lowest BCUT2D eigenvalue weighted by atomic mass is 10.4. The van der Waals surface area contributed by atoms with E-state index in [1.807, 2.05) is 0 Å². The van der Waals surface area contributed by atoms with Crippen LogP contribution < -0.4 is 5.32 Å². The van der Waals surface area contributed by atoms with Crippen LogP contribution in [0.4, 0.5) is 5.82 Å². The van der Waals surface area contributed by atoms with E-state index in [1.54, 1.807) is 6.07 Å². The molecule has 1 heterocycles. The summed E-state index contributed by atoms with van der Waals surface area (Å²) >= 11 is 0. The van der Waals surface area contributed by atoms with Crippen LogP contribution in [0, 0.1) is 0 Å². The monoisotopic (exact) mass is 182 g/mol. The number of aromatic nitrogens is 1. The van der Waals surface area contributed by atoms with Gasteiger partial charge in [0.05, 0.1) is 7.11 Å². The van der Waals surface area contributed by atoms with Gasteiger partial charge in [-0.25, -0.2) is 4.79 Å². The number of hydrogen-bond acceptors (Lipinski definition) is 3. The summed E-state index contributed by atoms with van der Waals surface area (Å²) in [7, 11) is 1.29. The first-order chi connectivity index (χ1) is 6.13. The Morgan fingerprint density at radius 3 is 2.69 bits per heavy atom. The number of H-pyrrole nitrogens is 1. The quantitative estimate of drug-likeness (QED) is 0.663. The first-order valence-corrected chi connectivity index (χ1v) is 3.68. The first kappa shape index (κ1) is 9.31. The number of methoxy groups -OCH3 is 1. The van der Waals surface area contributed by atoms with E-state index in [1.165, 1.54) is 20.1 Å². The molecule has 0 aromatic carbocycles. The lowest BCUT2D eigenvalue weighted by Gasteiger charge is -1.96. The zero-order valence-corrected chi connectivity index (χ0v) is 7.38. The Balaban J connectivity index is 2.74. The van der Waals surface area contributed by atoms with Crippen LogP contribution in [0.15, 0.2) is 12.1 Å². The van der Waals surface area contributed by atoms with Gasteiger partial charge in [0.15, 0.2) is 0 Å². The van der Waals surface area contributed by atoms with Crippen LogP contribution in [0.25, 0.3) is 0 Å². The highest BCUT2D eigenvalue weighted by atomic mass is 16.5. The molecule has 0 radical (unpaired) electrons. The molecule has 1 aromatic rings. The lowest BCUT2D eigenvalue weighted by Crippen LogP contribution is -2.07. The van der Waals surface area contributed by atoms with Crippen LogP contribution in [0.3, 0.4) is 0 Å². The maximum atomic E-state index is 10.9. The molecule has 0 saturated carbocycles. The molecule has 1 aromatic heterocycles. The largest absolute Gasteiger partial charge is 0.464 e. The highest BCUT2D eigenvalue weighted by Crippen LogP contribution is 2.07. The Morgan fingerprint density at radius 1 is 1.46 bits per heavy atom. The average molecular weight is 182 g/mol. The Morgan fingerprint density at radius 2 is 2.15 bits per heavy atom. The maximum Gasteiger partial charge on any atom is 0.354 e. The van der Waals surface area contributed by atoms with Gasteiger partial charge in [0.1, 0.15) is 11.5 Å². The zero-order valence-electron chi connectivity index (χ0n) is 7.38. The van der Waals surface area contributed by atoms with Crippen LogP contribution in [-0.2, 0) is 9.53 Å². The average Bonchev–Trinajstić information content (AvgIpc) is 2.50. The molecule has 0 bridgehead atoms. The number of rotatable bonds is 2. The van der Waals surface area contributed by atoms with Gasteiger partial charge in [-0.1, -0.05) is 0 Å². The molecule has 5 heteroatoms. The van der Waals surface area contributed by atoms with Gasteiger partial charge >= 0.3 is 5.97 Å². The molecule has 0 unspecified atom stereocenters. The van der Waals surface area contributed by atoms with Crippen molar-refractivity contribution in [1.82, 2.24) is 4.98 Å². The van der Waals surface area contributed by atoms with Gasteiger partial charge in [0, 0.05) is 6.92 Å².